The lowest BCUT2D eigenvalue weighted by Crippen LogP contribution is -2.35. The molecule has 0 saturated heterocycles. The summed E-state index contributed by atoms with van der Waals surface area (Å²) in [5, 5.41) is 3.87. The quantitative estimate of drug-likeness (QED) is 0.822. The van der Waals surface area contributed by atoms with Crippen molar-refractivity contribution in [2.24, 2.45) is 0 Å². The molecule has 22 heavy (non-hydrogen) atoms. The van der Waals surface area contributed by atoms with Crippen molar-refractivity contribution in [3.63, 3.8) is 0 Å². The van der Waals surface area contributed by atoms with E-state index in [0.29, 0.717) is 17.2 Å². The van der Waals surface area contributed by atoms with E-state index >= 15 is 0 Å². The minimum atomic E-state index is -3.44. The van der Waals surface area contributed by atoms with E-state index in [1.807, 2.05) is 20.8 Å². The van der Waals surface area contributed by atoms with Gasteiger partial charge in [-0.3, -0.25) is 0 Å². The molecule has 0 spiro atoms. The van der Waals surface area contributed by atoms with Crippen molar-refractivity contribution in [2.45, 2.75) is 39.0 Å². The summed E-state index contributed by atoms with van der Waals surface area (Å²) in [7, 11) is -1.95. The van der Waals surface area contributed by atoms with E-state index in [-0.39, 0.29) is 11.8 Å². The Bertz CT molecular complexity index is 717. The van der Waals surface area contributed by atoms with Gasteiger partial charge in [-0.1, -0.05) is 5.16 Å². The SMILES string of the molecule is COc1cc(CS(=O)(=O)NC(C)Cc2c(C)noc2C)sn1. The predicted octanol–water partition coefficient (Wildman–Crippen LogP) is 1.81. The highest BCUT2D eigenvalue weighted by Gasteiger charge is 2.20. The zero-order valence-electron chi connectivity index (χ0n) is 12.9. The number of ether oxygens (including phenoxy) is 1. The van der Waals surface area contributed by atoms with Crippen LogP contribution in [0.4, 0.5) is 0 Å². The minimum Gasteiger partial charge on any atom is -0.480 e. The molecule has 122 valence electrons. The van der Waals surface area contributed by atoms with E-state index in [2.05, 4.69) is 14.3 Å². The normalized spacial score (nSPS) is 13.3. The number of nitrogens with one attached hydrogen (secondary N) is 1. The first-order valence-corrected chi connectivity index (χ1v) is 9.14. The highest BCUT2D eigenvalue weighted by Crippen LogP contribution is 2.19. The maximum absolute atomic E-state index is 12.2. The summed E-state index contributed by atoms with van der Waals surface area (Å²) in [6.07, 6.45) is 0.534. The number of hydrogen-bond acceptors (Lipinski definition) is 7. The van der Waals surface area contributed by atoms with Gasteiger partial charge in [0, 0.05) is 22.5 Å². The van der Waals surface area contributed by atoms with Crippen LogP contribution in [0.15, 0.2) is 10.6 Å². The minimum absolute atomic E-state index is 0.111. The Morgan fingerprint density at radius 1 is 1.45 bits per heavy atom. The molecule has 0 aromatic carbocycles. The van der Waals surface area contributed by atoms with E-state index in [9.17, 15) is 8.42 Å². The van der Waals surface area contributed by atoms with Gasteiger partial charge in [-0.05, 0) is 38.7 Å². The lowest BCUT2D eigenvalue weighted by atomic mass is 10.1. The standard InChI is InChI=1S/C13H19N3O4S2/c1-8(5-12-9(2)14-20-10(12)3)16-22(17,18)7-11-6-13(19-4)15-21-11/h6,8,16H,5,7H2,1-4H3. The molecule has 0 saturated carbocycles. The molecule has 0 aliphatic carbocycles. The molecule has 7 nitrogen and oxygen atoms in total. The van der Waals surface area contributed by atoms with Crippen LogP contribution in [0.3, 0.4) is 0 Å². The molecule has 1 N–H and O–H groups in total. The van der Waals surface area contributed by atoms with Gasteiger partial charge in [0.1, 0.15) is 11.5 Å². The Morgan fingerprint density at radius 3 is 2.73 bits per heavy atom. The second-order valence-electron chi connectivity index (χ2n) is 5.12. The molecule has 1 atom stereocenters. The van der Waals surface area contributed by atoms with Gasteiger partial charge in [-0.25, -0.2) is 13.1 Å². The molecule has 0 aliphatic heterocycles. The smallest absolute Gasteiger partial charge is 0.225 e. The number of rotatable bonds is 7. The van der Waals surface area contributed by atoms with Crippen LogP contribution < -0.4 is 9.46 Å². The number of hydrogen-bond donors (Lipinski definition) is 1. The lowest BCUT2D eigenvalue weighted by Gasteiger charge is -2.13. The summed E-state index contributed by atoms with van der Waals surface area (Å²) in [5.41, 5.74) is 1.73. The van der Waals surface area contributed by atoms with E-state index in [4.69, 9.17) is 9.26 Å². The molecule has 2 aromatic rings. The second kappa shape index (κ2) is 6.76. The van der Waals surface area contributed by atoms with Crippen LogP contribution in [-0.4, -0.2) is 31.1 Å². The summed E-state index contributed by atoms with van der Waals surface area (Å²) in [6.45, 7) is 5.48. The van der Waals surface area contributed by atoms with Gasteiger partial charge in [0.15, 0.2) is 0 Å². The average Bonchev–Trinajstić information content (AvgIpc) is 2.99. The van der Waals surface area contributed by atoms with Crippen molar-refractivity contribution in [3.05, 3.63) is 28.0 Å². The predicted molar refractivity (Wildman–Crippen MR) is 83.6 cm³/mol. The number of aryl methyl sites for hydroxylation is 2. The van der Waals surface area contributed by atoms with Gasteiger partial charge in [0.05, 0.1) is 12.8 Å². The third-order valence-electron chi connectivity index (χ3n) is 3.15. The fourth-order valence-electron chi connectivity index (χ4n) is 2.13. The Labute approximate surface area is 133 Å². The molecular formula is C13H19N3O4S2. The molecule has 0 radical (unpaired) electrons. The average molecular weight is 345 g/mol. The van der Waals surface area contributed by atoms with Crippen molar-refractivity contribution < 1.29 is 17.7 Å². The monoisotopic (exact) mass is 345 g/mol. The van der Waals surface area contributed by atoms with Crippen LogP contribution in [-0.2, 0) is 22.2 Å². The first-order chi connectivity index (χ1) is 10.3. The van der Waals surface area contributed by atoms with Crippen molar-refractivity contribution in [2.75, 3.05) is 7.11 Å². The third kappa shape index (κ3) is 4.28. The van der Waals surface area contributed by atoms with Crippen molar-refractivity contribution >= 4 is 21.6 Å². The van der Waals surface area contributed by atoms with Crippen LogP contribution in [0.25, 0.3) is 0 Å². The lowest BCUT2D eigenvalue weighted by molar-refractivity contribution is 0.392. The summed E-state index contributed by atoms with van der Waals surface area (Å²) < 4.78 is 41.1. The van der Waals surface area contributed by atoms with Gasteiger partial charge in [-0.2, -0.15) is 4.37 Å². The van der Waals surface area contributed by atoms with Crippen molar-refractivity contribution in [1.29, 1.82) is 0 Å². The van der Waals surface area contributed by atoms with Crippen LogP contribution in [0, 0.1) is 13.8 Å². The molecular weight excluding hydrogens is 326 g/mol. The van der Waals surface area contributed by atoms with Crippen LogP contribution in [0.1, 0.15) is 28.8 Å². The first kappa shape index (κ1) is 16.9. The zero-order valence-corrected chi connectivity index (χ0v) is 14.5. The van der Waals surface area contributed by atoms with Crippen LogP contribution in [0.5, 0.6) is 5.88 Å². The summed E-state index contributed by atoms with van der Waals surface area (Å²) in [4.78, 5) is 0.633. The Kier molecular flexibility index (Phi) is 5.20. The second-order valence-corrected chi connectivity index (χ2v) is 7.76. The molecule has 0 amide bonds. The fourth-order valence-corrected chi connectivity index (χ4v) is 4.54. The maximum atomic E-state index is 12.2. The molecule has 0 fully saturated rings. The van der Waals surface area contributed by atoms with Gasteiger partial charge >= 0.3 is 0 Å². The number of aromatic nitrogens is 2. The number of methoxy groups -OCH3 is 1. The van der Waals surface area contributed by atoms with E-state index in [1.54, 1.807) is 6.07 Å². The molecule has 1 unspecified atom stereocenters. The highest BCUT2D eigenvalue weighted by atomic mass is 32.2. The van der Waals surface area contributed by atoms with Gasteiger partial charge in [-0.15, -0.1) is 0 Å². The van der Waals surface area contributed by atoms with E-state index in [1.165, 1.54) is 7.11 Å². The van der Waals surface area contributed by atoms with Crippen molar-refractivity contribution in [1.82, 2.24) is 14.3 Å². The van der Waals surface area contributed by atoms with Crippen LogP contribution in [0.2, 0.25) is 0 Å². The van der Waals surface area contributed by atoms with Crippen molar-refractivity contribution in [3.8, 4) is 5.88 Å². The molecule has 0 aliphatic rings. The van der Waals surface area contributed by atoms with E-state index < -0.39 is 10.0 Å². The molecule has 0 bridgehead atoms. The van der Waals surface area contributed by atoms with Crippen LogP contribution >= 0.6 is 11.5 Å². The maximum Gasteiger partial charge on any atom is 0.225 e. The third-order valence-corrected chi connectivity index (χ3v) is 5.55. The Morgan fingerprint density at radius 2 is 2.18 bits per heavy atom. The van der Waals surface area contributed by atoms with Gasteiger partial charge in [0.25, 0.3) is 0 Å². The zero-order chi connectivity index (χ0) is 16.3. The first-order valence-electron chi connectivity index (χ1n) is 6.72. The summed E-state index contributed by atoms with van der Waals surface area (Å²) in [5.74, 6) is 1.04. The number of sulfonamides is 1. The van der Waals surface area contributed by atoms with Gasteiger partial charge in [0.2, 0.25) is 15.9 Å². The molecule has 9 heteroatoms. The Balaban J connectivity index is 1.99. The molecule has 2 rings (SSSR count). The Hall–Kier alpha value is -1.45. The molecule has 2 aromatic heterocycles. The largest absolute Gasteiger partial charge is 0.480 e. The summed E-state index contributed by atoms with van der Waals surface area (Å²) >= 11 is 1.12. The van der Waals surface area contributed by atoms with E-state index in [0.717, 1.165) is 28.6 Å². The highest BCUT2D eigenvalue weighted by molar-refractivity contribution is 7.88. The fraction of sp³-hybridized carbons (Fsp3) is 0.538. The van der Waals surface area contributed by atoms with Gasteiger partial charge < -0.3 is 9.26 Å². The topological polar surface area (TPSA) is 94.3 Å². The number of nitrogens with zero attached hydrogens (tertiary/aromatic N) is 2. The summed E-state index contributed by atoms with van der Waals surface area (Å²) in [6, 6.07) is 1.37. The molecule has 2 heterocycles.